The zero-order valence-corrected chi connectivity index (χ0v) is 9.76. The SMILES string of the molecule is O=C(CCl)Nc1ccc(Cn2nccn2)cc1. The van der Waals surface area contributed by atoms with Crippen LogP contribution in [0.15, 0.2) is 36.7 Å². The first-order valence-electron chi connectivity index (χ1n) is 5.07. The molecule has 88 valence electrons. The maximum atomic E-state index is 11.1. The van der Waals surface area contributed by atoms with Crippen molar-refractivity contribution in [2.24, 2.45) is 0 Å². The van der Waals surface area contributed by atoms with E-state index in [4.69, 9.17) is 11.6 Å². The highest BCUT2D eigenvalue weighted by Gasteiger charge is 2.00. The Bertz CT molecular complexity index is 481. The predicted octanol–water partition coefficient (Wildman–Crippen LogP) is 1.50. The number of benzene rings is 1. The van der Waals surface area contributed by atoms with Gasteiger partial charge in [0.05, 0.1) is 18.9 Å². The third-order valence-corrected chi connectivity index (χ3v) is 2.39. The van der Waals surface area contributed by atoms with Gasteiger partial charge in [0.15, 0.2) is 0 Å². The molecule has 1 N–H and O–H groups in total. The Kier molecular flexibility index (Phi) is 3.72. The molecule has 6 heteroatoms. The summed E-state index contributed by atoms with van der Waals surface area (Å²) in [6.45, 7) is 0.608. The number of amides is 1. The van der Waals surface area contributed by atoms with E-state index in [0.29, 0.717) is 6.54 Å². The molecule has 5 nitrogen and oxygen atoms in total. The number of carbonyl (C=O) groups is 1. The number of nitrogens with one attached hydrogen (secondary N) is 1. The summed E-state index contributed by atoms with van der Waals surface area (Å²) in [7, 11) is 0. The minimum absolute atomic E-state index is 0.0427. The average Bonchev–Trinajstić information content (AvgIpc) is 2.84. The molecule has 17 heavy (non-hydrogen) atoms. The Morgan fingerprint density at radius 2 is 1.88 bits per heavy atom. The van der Waals surface area contributed by atoms with Crippen molar-refractivity contribution < 1.29 is 4.79 Å². The number of rotatable bonds is 4. The molecule has 1 heterocycles. The van der Waals surface area contributed by atoms with Gasteiger partial charge in [-0.25, -0.2) is 0 Å². The zero-order valence-electron chi connectivity index (χ0n) is 9.01. The van der Waals surface area contributed by atoms with Gasteiger partial charge in [-0.2, -0.15) is 15.0 Å². The molecular weight excluding hydrogens is 240 g/mol. The molecule has 0 saturated heterocycles. The highest BCUT2D eigenvalue weighted by molar-refractivity contribution is 6.29. The van der Waals surface area contributed by atoms with Gasteiger partial charge in [-0.1, -0.05) is 12.1 Å². The Morgan fingerprint density at radius 1 is 1.24 bits per heavy atom. The second-order valence-electron chi connectivity index (χ2n) is 3.44. The fourth-order valence-corrected chi connectivity index (χ4v) is 1.44. The lowest BCUT2D eigenvalue weighted by Crippen LogP contribution is -2.12. The van der Waals surface area contributed by atoms with Gasteiger partial charge in [0.1, 0.15) is 5.88 Å². The van der Waals surface area contributed by atoms with Crippen LogP contribution in [0, 0.1) is 0 Å². The van der Waals surface area contributed by atoms with Crippen LogP contribution in [0.2, 0.25) is 0 Å². The zero-order chi connectivity index (χ0) is 12.1. The van der Waals surface area contributed by atoms with Crippen LogP contribution in [0.5, 0.6) is 0 Å². The number of halogens is 1. The number of hydrogen-bond donors (Lipinski definition) is 1. The van der Waals surface area contributed by atoms with Crippen LogP contribution in [-0.2, 0) is 11.3 Å². The second kappa shape index (κ2) is 5.45. The Labute approximate surface area is 103 Å². The van der Waals surface area contributed by atoms with Crippen LogP contribution >= 0.6 is 11.6 Å². The maximum absolute atomic E-state index is 11.1. The second-order valence-corrected chi connectivity index (χ2v) is 3.71. The molecule has 1 amide bonds. The molecule has 0 unspecified atom stereocenters. The number of alkyl halides is 1. The monoisotopic (exact) mass is 250 g/mol. The van der Waals surface area contributed by atoms with Crippen molar-refractivity contribution in [2.75, 3.05) is 11.2 Å². The molecule has 1 aromatic heterocycles. The Hall–Kier alpha value is -1.88. The summed E-state index contributed by atoms with van der Waals surface area (Å²) in [5.74, 6) is -0.257. The third-order valence-electron chi connectivity index (χ3n) is 2.15. The van der Waals surface area contributed by atoms with Crippen molar-refractivity contribution in [3.8, 4) is 0 Å². The fourth-order valence-electron chi connectivity index (χ4n) is 1.38. The molecule has 0 fully saturated rings. The highest BCUT2D eigenvalue weighted by Crippen LogP contribution is 2.10. The third kappa shape index (κ3) is 3.29. The molecule has 0 saturated carbocycles. The van der Waals surface area contributed by atoms with Crippen LogP contribution in [0.4, 0.5) is 5.69 Å². The van der Waals surface area contributed by atoms with Crippen molar-refractivity contribution in [1.29, 1.82) is 0 Å². The molecule has 1 aromatic carbocycles. The van der Waals surface area contributed by atoms with E-state index < -0.39 is 0 Å². The first-order chi connectivity index (χ1) is 8.28. The first-order valence-corrected chi connectivity index (χ1v) is 5.60. The van der Waals surface area contributed by atoms with Gasteiger partial charge < -0.3 is 5.32 Å². The summed E-state index contributed by atoms with van der Waals surface area (Å²) in [6, 6.07) is 7.47. The summed E-state index contributed by atoms with van der Waals surface area (Å²) < 4.78 is 0. The lowest BCUT2D eigenvalue weighted by atomic mass is 10.2. The Morgan fingerprint density at radius 3 is 2.47 bits per heavy atom. The van der Waals surface area contributed by atoms with Gasteiger partial charge in [-0.05, 0) is 17.7 Å². The molecular formula is C11H11ClN4O. The van der Waals surface area contributed by atoms with Gasteiger partial charge in [-0.3, -0.25) is 4.79 Å². The van der Waals surface area contributed by atoms with Crippen LogP contribution in [0.1, 0.15) is 5.56 Å². The highest BCUT2D eigenvalue weighted by atomic mass is 35.5. The quantitative estimate of drug-likeness (QED) is 0.837. The van der Waals surface area contributed by atoms with Gasteiger partial charge in [0, 0.05) is 5.69 Å². The van der Waals surface area contributed by atoms with Crippen molar-refractivity contribution in [2.45, 2.75) is 6.54 Å². The molecule has 0 aliphatic heterocycles. The van der Waals surface area contributed by atoms with Crippen LogP contribution in [0.25, 0.3) is 0 Å². The van der Waals surface area contributed by atoms with Crippen molar-refractivity contribution in [3.63, 3.8) is 0 Å². The Balaban J connectivity index is 2.00. The van der Waals surface area contributed by atoms with E-state index in [1.165, 1.54) is 0 Å². The van der Waals surface area contributed by atoms with Gasteiger partial charge in [0.2, 0.25) is 5.91 Å². The van der Waals surface area contributed by atoms with Gasteiger partial charge >= 0.3 is 0 Å². The molecule has 0 aliphatic rings. The normalized spacial score (nSPS) is 10.2. The molecule has 0 atom stereocenters. The molecule has 2 rings (SSSR count). The molecule has 0 aliphatic carbocycles. The summed E-state index contributed by atoms with van der Waals surface area (Å²) in [5, 5.41) is 10.7. The van der Waals surface area contributed by atoms with Crippen LogP contribution in [0.3, 0.4) is 0 Å². The standard InChI is InChI=1S/C11H11ClN4O/c12-7-11(17)15-10-3-1-9(2-4-10)8-16-13-5-6-14-16/h1-6H,7-8H2,(H,15,17). The summed E-state index contributed by atoms with van der Waals surface area (Å²) in [6.07, 6.45) is 3.27. The number of aromatic nitrogens is 3. The van der Waals surface area contributed by atoms with E-state index >= 15 is 0 Å². The maximum Gasteiger partial charge on any atom is 0.239 e. The number of hydrogen-bond acceptors (Lipinski definition) is 3. The van der Waals surface area contributed by atoms with E-state index in [9.17, 15) is 4.79 Å². The minimum Gasteiger partial charge on any atom is -0.325 e. The number of anilines is 1. The molecule has 0 bridgehead atoms. The average molecular weight is 251 g/mol. The van der Waals surface area contributed by atoms with E-state index in [-0.39, 0.29) is 11.8 Å². The number of carbonyl (C=O) groups excluding carboxylic acids is 1. The topological polar surface area (TPSA) is 59.8 Å². The van der Waals surface area contributed by atoms with Crippen molar-refractivity contribution >= 4 is 23.2 Å². The van der Waals surface area contributed by atoms with Crippen LogP contribution < -0.4 is 5.32 Å². The van der Waals surface area contributed by atoms with E-state index in [1.54, 1.807) is 17.2 Å². The summed E-state index contributed by atoms with van der Waals surface area (Å²) in [5.41, 5.74) is 1.79. The van der Waals surface area contributed by atoms with Gasteiger partial charge in [0.25, 0.3) is 0 Å². The van der Waals surface area contributed by atoms with E-state index in [1.807, 2.05) is 24.3 Å². The first kappa shape index (κ1) is 11.6. The van der Waals surface area contributed by atoms with Crippen molar-refractivity contribution in [3.05, 3.63) is 42.2 Å². The lowest BCUT2D eigenvalue weighted by molar-refractivity contribution is -0.113. The summed E-state index contributed by atoms with van der Waals surface area (Å²) >= 11 is 5.40. The molecule has 0 spiro atoms. The fraction of sp³-hybridized carbons (Fsp3) is 0.182. The van der Waals surface area contributed by atoms with Crippen molar-refractivity contribution in [1.82, 2.24) is 15.0 Å². The van der Waals surface area contributed by atoms with E-state index in [2.05, 4.69) is 15.5 Å². The smallest absolute Gasteiger partial charge is 0.239 e. The predicted molar refractivity (Wildman–Crippen MR) is 64.9 cm³/mol. The molecule has 2 aromatic rings. The lowest BCUT2D eigenvalue weighted by Gasteiger charge is -2.04. The largest absolute Gasteiger partial charge is 0.325 e. The molecule has 0 radical (unpaired) electrons. The van der Waals surface area contributed by atoms with E-state index in [0.717, 1.165) is 11.3 Å². The minimum atomic E-state index is -0.215. The summed E-state index contributed by atoms with van der Waals surface area (Å²) in [4.78, 5) is 12.6. The van der Waals surface area contributed by atoms with Gasteiger partial charge in [-0.15, -0.1) is 11.6 Å². The number of nitrogens with zero attached hydrogens (tertiary/aromatic N) is 3. The van der Waals surface area contributed by atoms with Crippen LogP contribution in [-0.4, -0.2) is 26.8 Å².